The molecular formula is C38H50SiTi. The molecule has 0 saturated carbocycles. The first-order valence-corrected chi connectivity index (χ1v) is 18.3. The number of allylic oxidation sites excluding steroid dienone is 4. The van der Waals surface area contributed by atoms with E-state index in [2.05, 4.69) is 144 Å². The van der Waals surface area contributed by atoms with Gasteiger partial charge in [0.1, 0.15) is 0 Å². The van der Waals surface area contributed by atoms with Gasteiger partial charge in [-0.25, -0.2) is 0 Å². The van der Waals surface area contributed by atoms with Crippen LogP contribution in [0.4, 0.5) is 0 Å². The molecule has 0 aliphatic heterocycles. The van der Waals surface area contributed by atoms with Gasteiger partial charge in [-0.2, -0.15) is 0 Å². The van der Waals surface area contributed by atoms with Gasteiger partial charge in [-0.15, -0.1) is 0 Å². The maximum absolute atomic E-state index is 2.60. The Morgan fingerprint density at radius 3 is 1.43 bits per heavy atom. The van der Waals surface area contributed by atoms with Crippen LogP contribution in [-0.4, -0.2) is 8.80 Å². The molecule has 0 fully saturated rings. The van der Waals surface area contributed by atoms with Gasteiger partial charge in [0.05, 0.1) is 0 Å². The molecule has 0 atom stereocenters. The van der Waals surface area contributed by atoms with Crippen molar-refractivity contribution in [1.82, 2.24) is 0 Å². The van der Waals surface area contributed by atoms with Gasteiger partial charge in [-0.3, -0.25) is 0 Å². The van der Waals surface area contributed by atoms with E-state index >= 15 is 0 Å². The van der Waals surface area contributed by atoms with Gasteiger partial charge >= 0.3 is 257 Å². The third-order valence-corrected chi connectivity index (χ3v) is 14.0. The summed E-state index contributed by atoms with van der Waals surface area (Å²) in [5.74, 6) is 0.539. The van der Waals surface area contributed by atoms with Crippen molar-refractivity contribution in [3.8, 4) is 0 Å². The Bertz CT molecular complexity index is 1350. The van der Waals surface area contributed by atoms with Crippen LogP contribution in [0.3, 0.4) is 0 Å². The average molecular weight is 583 g/mol. The first-order chi connectivity index (χ1) is 18.5. The van der Waals surface area contributed by atoms with Gasteiger partial charge in [0.25, 0.3) is 0 Å². The van der Waals surface area contributed by atoms with E-state index in [0.29, 0.717) is 5.92 Å². The van der Waals surface area contributed by atoms with Crippen molar-refractivity contribution in [2.45, 2.75) is 100 Å². The van der Waals surface area contributed by atoms with Crippen molar-refractivity contribution >= 4 is 23.0 Å². The van der Waals surface area contributed by atoms with E-state index in [9.17, 15) is 0 Å². The quantitative estimate of drug-likeness (QED) is 0.258. The van der Waals surface area contributed by atoms with Crippen molar-refractivity contribution in [3.63, 3.8) is 0 Å². The fourth-order valence-electron chi connectivity index (χ4n) is 6.23. The average Bonchev–Trinajstić information content (AvgIpc) is 3.20. The monoisotopic (exact) mass is 582 g/mol. The fraction of sp³-hybridized carbons (Fsp3) is 0.421. The Morgan fingerprint density at radius 1 is 0.625 bits per heavy atom. The third-order valence-electron chi connectivity index (χ3n) is 8.19. The van der Waals surface area contributed by atoms with Crippen molar-refractivity contribution < 1.29 is 19.2 Å². The summed E-state index contributed by atoms with van der Waals surface area (Å²) in [6.07, 6.45) is 3.73. The van der Waals surface area contributed by atoms with Gasteiger partial charge in [0.15, 0.2) is 0 Å². The molecule has 0 bridgehead atoms. The molecule has 0 aromatic heterocycles. The second kappa shape index (κ2) is 11.7. The van der Waals surface area contributed by atoms with E-state index in [-0.39, 0.29) is 10.8 Å². The summed E-state index contributed by atoms with van der Waals surface area (Å²) < 4.78 is 3.36. The number of hydrogen-bond donors (Lipinski definition) is 0. The minimum absolute atomic E-state index is 0.145. The van der Waals surface area contributed by atoms with Crippen molar-refractivity contribution in [2.24, 2.45) is 5.92 Å². The Balaban J connectivity index is 1.97. The predicted molar refractivity (Wildman–Crippen MR) is 176 cm³/mol. The predicted octanol–water partition coefficient (Wildman–Crippen LogP) is 8.04. The van der Waals surface area contributed by atoms with Crippen LogP contribution in [0.1, 0.15) is 95.2 Å². The molecule has 1 aliphatic carbocycles. The number of rotatable bonds is 6. The maximum atomic E-state index is 2.60. The Kier molecular flexibility index (Phi) is 9.11. The molecule has 3 aromatic rings. The van der Waals surface area contributed by atoms with E-state index in [1.54, 1.807) is 28.9 Å². The van der Waals surface area contributed by atoms with Crippen LogP contribution in [0.25, 0.3) is 0 Å². The van der Waals surface area contributed by atoms with Crippen LogP contribution in [-0.2, 0) is 30.0 Å². The summed E-state index contributed by atoms with van der Waals surface area (Å²) >= 11 is -0.467. The molecule has 2 heteroatoms. The summed E-state index contributed by atoms with van der Waals surface area (Å²) in [6, 6.07) is 22.2. The number of hydrogen-bond acceptors (Lipinski definition) is 0. The normalized spacial score (nSPS) is 14.4. The van der Waals surface area contributed by atoms with Crippen molar-refractivity contribution in [1.29, 1.82) is 0 Å². The first-order valence-electron chi connectivity index (χ1n) is 15.1. The summed E-state index contributed by atoms with van der Waals surface area (Å²) in [4.78, 5) is 0. The molecule has 0 unspecified atom stereocenters. The second-order valence-corrected chi connectivity index (χ2v) is 19.6. The van der Waals surface area contributed by atoms with Crippen LogP contribution >= 0.6 is 0 Å². The van der Waals surface area contributed by atoms with Gasteiger partial charge < -0.3 is 0 Å². The Hall–Kier alpha value is -1.93. The molecule has 0 radical (unpaired) electrons. The molecule has 210 valence electrons. The van der Waals surface area contributed by atoms with Crippen LogP contribution in [0, 0.1) is 33.6 Å². The Morgan fingerprint density at radius 2 is 1.05 bits per heavy atom. The Labute approximate surface area is 255 Å². The van der Waals surface area contributed by atoms with Gasteiger partial charge in [0, 0.05) is 0 Å². The molecule has 0 saturated heterocycles. The van der Waals surface area contributed by atoms with E-state index in [1.807, 2.05) is 0 Å². The molecule has 40 heavy (non-hydrogen) atoms. The van der Waals surface area contributed by atoms with Gasteiger partial charge in [0.2, 0.25) is 0 Å². The first kappa shape index (κ1) is 31.0. The van der Waals surface area contributed by atoms with E-state index < -0.39 is 27.9 Å². The van der Waals surface area contributed by atoms with Gasteiger partial charge in [-0.05, 0) is 0 Å². The molecule has 0 heterocycles. The van der Waals surface area contributed by atoms with Crippen LogP contribution in [0.5, 0.6) is 0 Å². The van der Waals surface area contributed by atoms with Crippen molar-refractivity contribution in [3.05, 3.63) is 109 Å². The number of benzene rings is 3. The fourth-order valence-corrected chi connectivity index (χ4v) is 13.2. The van der Waals surface area contributed by atoms with E-state index in [1.165, 1.54) is 33.4 Å². The van der Waals surface area contributed by atoms with E-state index in [0.717, 1.165) is 6.42 Å². The summed E-state index contributed by atoms with van der Waals surface area (Å²) in [5.41, 5.74) is 10.4. The van der Waals surface area contributed by atoms with E-state index in [4.69, 9.17) is 0 Å². The van der Waals surface area contributed by atoms with Crippen LogP contribution < -0.4 is 14.2 Å². The standard InChI is InChI=1S/C24H29Si.C14H21.Ti/c1-16(2)23-8-7-9-24(23)25(21-12-17(3)10-18(4)13-21)22-14-19(5)11-20(6)15-22;1-13(2,3)11-8-7-9-12(10-11)14(4,5)6;/h8,10-16,25H,7H2,1-6H3;8-10H,1-6H3;. The molecule has 0 N–H and O–H groups in total. The number of aryl methyl sites for hydroxylation is 4. The van der Waals surface area contributed by atoms with Crippen LogP contribution in [0.2, 0.25) is 0 Å². The molecular weight excluding hydrogens is 532 g/mol. The topological polar surface area (TPSA) is 0 Å². The summed E-state index contributed by atoms with van der Waals surface area (Å²) in [5, 5.41) is 4.91. The molecule has 4 rings (SSSR count). The van der Waals surface area contributed by atoms with Crippen LogP contribution in [0.15, 0.2) is 75.3 Å². The molecule has 3 aromatic carbocycles. The molecule has 0 nitrogen and oxygen atoms in total. The zero-order valence-corrected chi connectivity index (χ0v) is 29.9. The van der Waals surface area contributed by atoms with Gasteiger partial charge in [-0.1, -0.05) is 0 Å². The summed E-state index contributed by atoms with van der Waals surface area (Å²) in [7, 11) is -1.68. The molecule has 1 aliphatic rings. The molecule has 0 amide bonds. The zero-order chi connectivity index (χ0) is 29.6. The second-order valence-electron chi connectivity index (χ2n) is 14.6. The van der Waals surface area contributed by atoms with Crippen molar-refractivity contribution in [2.75, 3.05) is 0 Å². The summed E-state index contributed by atoms with van der Waals surface area (Å²) in [6.45, 7) is 28.1. The minimum atomic E-state index is -1.68. The molecule has 0 spiro atoms. The zero-order valence-electron chi connectivity index (χ0n) is 27.1. The third kappa shape index (κ3) is 7.10. The SMILES string of the molecule is Cc1cc(C)cc([SiH](C2=[C]([Ti][c]3cc(C(C)(C)C)cc(C(C)(C)C)c3)CC=C2C(C)C)c2cc(C)cc(C)c2)c1.